The number of aryl methyl sites for hydroxylation is 2. The summed E-state index contributed by atoms with van der Waals surface area (Å²) in [6.07, 6.45) is 0. The molecule has 0 spiro atoms. The molecule has 68 valence electrons. The second kappa shape index (κ2) is 3.91. The summed E-state index contributed by atoms with van der Waals surface area (Å²) in [7, 11) is 1.60. The summed E-state index contributed by atoms with van der Waals surface area (Å²) in [4.78, 5) is 10.6. The van der Waals surface area contributed by atoms with E-state index in [2.05, 4.69) is 21.0 Å². The predicted molar refractivity (Wildman–Crippen MR) is 49.9 cm³/mol. The molecular weight excluding hydrogens is 247 g/mol. The van der Waals surface area contributed by atoms with Gasteiger partial charge in [-0.1, -0.05) is 0 Å². The van der Waals surface area contributed by atoms with Crippen LogP contribution in [-0.2, 0) is 7.05 Å². The summed E-state index contributed by atoms with van der Waals surface area (Å²) in [6.45, 7) is 1.75. The fraction of sp³-hybridized carbons (Fsp3) is 0.333. The molecule has 1 heterocycles. The fourth-order valence-electron chi connectivity index (χ4n) is 0.865. The first-order valence-electron chi connectivity index (χ1n) is 2.96. The number of aromatic nitrogens is 2. The average molecular weight is 255 g/mol. The average Bonchev–Trinajstić information content (AvgIpc) is 2.07. The van der Waals surface area contributed by atoms with Crippen LogP contribution in [0.4, 0.5) is 0 Å². The Hall–Kier alpha value is -0.550. The van der Waals surface area contributed by atoms with Crippen molar-refractivity contribution in [3.8, 4) is 0 Å². The summed E-state index contributed by atoms with van der Waals surface area (Å²) in [5, 5.41) is 12.6. The molecule has 1 aromatic rings. The molecule has 0 saturated heterocycles. The zero-order valence-corrected chi connectivity index (χ0v) is 8.94. The lowest BCUT2D eigenvalue weighted by molar-refractivity contribution is 0.0684. The lowest BCUT2D eigenvalue weighted by Gasteiger charge is -1.93. The quantitative estimate of drug-likeness (QED) is 0.829. The molecule has 6 heteroatoms. The van der Waals surface area contributed by atoms with E-state index < -0.39 is 5.97 Å². The van der Waals surface area contributed by atoms with E-state index in [9.17, 15) is 4.79 Å². The first-order chi connectivity index (χ1) is 5.04. The van der Waals surface area contributed by atoms with Gasteiger partial charge in [0.15, 0.2) is 5.69 Å². The van der Waals surface area contributed by atoms with E-state index in [1.165, 1.54) is 4.68 Å². The van der Waals surface area contributed by atoms with E-state index in [4.69, 9.17) is 5.11 Å². The maximum Gasteiger partial charge on any atom is 0.355 e. The Kier molecular flexibility index (Phi) is 3.73. The van der Waals surface area contributed by atoms with Gasteiger partial charge in [0.2, 0.25) is 0 Å². The highest BCUT2D eigenvalue weighted by Gasteiger charge is 2.16. The van der Waals surface area contributed by atoms with Crippen LogP contribution in [0.3, 0.4) is 0 Å². The smallest absolute Gasteiger partial charge is 0.355 e. The minimum Gasteiger partial charge on any atom is -0.476 e. The monoisotopic (exact) mass is 254 g/mol. The molecule has 0 bridgehead atoms. The molecular formula is C6H8BrClN2O2. The second-order valence-corrected chi connectivity index (χ2v) is 2.97. The van der Waals surface area contributed by atoms with Gasteiger partial charge >= 0.3 is 5.97 Å². The van der Waals surface area contributed by atoms with Crippen molar-refractivity contribution in [1.82, 2.24) is 9.78 Å². The summed E-state index contributed by atoms with van der Waals surface area (Å²) in [5.74, 6) is -0.972. The maximum absolute atomic E-state index is 10.6. The van der Waals surface area contributed by atoms with Crippen molar-refractivity contribution in [1.29, 1.82) is 0 Å². The van der Waals surface area contributed by atoms with Crippen molar-refractivity contribution in [2.45, 2.75) is 6.92 Å². The van der Waals surface area contributed by atoms with Crippen molar-refractivity contribution in [3.05, 3.63) is 15.9 Å². The van der Waals surface area contributed by atoms with Gasteiger partial charge in [-0.2, -0.15) is 5.10 Å². The molecule has 0 aliphatic heterocycles. The molecule has 0 saturated carbocycles. The van der Waals surface area contributed by atoms with Crippen molar-refractivity contribution in [3.63, 3.8) is 0 Å². The normalized spacial score (nSPS) is 9.25. The zero-order valence-electron chi connectivity index (χ0n) is 6.54. The number of halogens is 2. The number of hydrogen-bond acceptors (Lipinski definition) is 2. The van der Waals surface area contributed by atoms with E-state index in [1.807, 2.05) is 0 Å². The van der Waals surface area contributed by atoms with Gasteiger partial charge in [0.1, 0.15) is 0 Å². The Bertz CT molecular complexity index is 311. The molecule has 1 aromatic heterocycles. The number of carbonyl (C=O) groups is 1. The molecule has 0 atom stereocenters. The second-order valence-electron chi connectivity index (χ2n) is 2.18. The number of rotatable bonds is 1. The Morgan fingerprint density at radius 1 is 1.67 bits per heavy atom. The minimum absolute atomic E-state index is 0. The molecule has 0 aromatic carbocycles. The van der Waals surface area contributed by atoms with Crippen molar-refractivity contribution >= 4 is 34.3 Å². The van der Waals surface area contributed by atoms with E-state index in [1.54, 1.807) is 14.0 Å². The Morgan fingerprint density at radius 3 is 2.33 bits per heavy atom. The third-order valence-electron chi connectivity index (χ3n) is 1.35. The number of hydrogen-bond donors (Lipinski definition) is 1. The van der Waals surface area contributed by atoms with E-state index >= 15 is 0 Å². The molecule has 0 radical (unpaired) electrons. The molecule has 4 nitrogen and oxygen atoms in total. The standard InChI is InChI=1S/C6H7BrN2O2.ClH/c1-3-4(7)5(6(10)11)9(2)8-3;/h1-2H3,(H,10,11);1H. The van der Waals surface area contributed by atoms with Gasteiger partial charge in [-0.15, -0.1) is 12.4 Å². The van der Waals surface area contributed by atoms with Crippen LogP contribution in [0.5, 0.6) is 0 Å². The Labute approximate surface area is 84.1 Å². The predicted octanol–water partition coefficient (Wildman–Crippen LogP) is 1.61. The van der Waals surface area contributed by atoms with Gasteiger partial charge < -0.3 is 5.11 Å². The van der Waals surface area contributed by atoms with Gasteiger partial charge in [-0.3, -0.25) is 4.68 Å². The zero-order chi connectivity index (χ0) is 8.59. The lowest BCUT2D eigenvalue weighted by atomic mass is 10.4. The molecule has 0 amide bonds. The van der Waals surface area contributed by atoms with E-state index in [0.29, 0.717) is 10.2 Å². The number of aromatic carboxylic acids is 1. The van der Waals surface area contributed by atoms with E-state index in [-0.39, 0.29) is 18.1 Å². The number of carboxylic acid groups (broad SMARTS) is 1. The minimum atomic E-state index is -0.972. The van der Waals surface area contributed by atoms with Crippen LogP contribution >= 0.6 is 28.3 Å². The summed E-state index contributed by atoms with van der Waals surface area (Å²) < 4.78 is 1.88. The maximum atomic E-state index is 10.6. The van der Waals surface area contributed by atoms with Gasteiger partial charge in [-0.25, -0.2) is 4.79 Å². The first-order valence-corrected chi connectivity index (χ1v) is 3.75. The molecule has 1 N–H and O–H groups in total. The van der Waals surface area contributed by atoms with Gasteiger partial charge in [-0.05, 0) is 22.9 Å². The third-order valence-corrected chi connectivity index (χ3v) is 2.30. The van der Waals surface area contributed by atoms with Crippen LogP contribution < -0.4 is 0 Å². The fourth-order valence-corrected chi connectivity index (χ4v) is 1.37. The molecule has 0 fully saturated rings. The topological polar surface area (TPSA) is 55.1 Å². The number of carboxylic acids is 1. The SMILES string of the molecule is Cc1nn(C)c(C(=O)O)c1Br.Cl. The molecule has 12 heavy (non-hydrogen) atoms. The van der Waals surface area contributed by atoms with Crippen LogP contribution in [0.1, 0.15) is 16.2 Å². The van der Waals surface area contributed by atoms with Crippen LogP contribution in [0.2, 0.25) is 0 Å². The van der Waals surface area contributed by atoms with Crippen LogP contribution in [0.25, 0.3) is 0 Å². The van der Waals surface area contributed by atoms with Crippen LogP contribution in [0, 0.1) is 6.92 Å². The van der Waals surface area contributed by atoms with Crippen molar-refractivity contribution in [2.75, 3.05) is 0 Å². The Morgan fingerprint density at radius 2 is 2.17 bits per heavy atom. The molecule has 0 aliphatic rings. The Balaban J connectivity index is 0.00000121. The van der Waals surface area contributed by atoms with Gasteiger partial charge in [0, 0.05) is 7.05 Å². The molecule has 0 unspecified atom stereocenters. The largest absolute Gasteiger partial charge is 0.476 e. The summed E-state index contributed by atoms with van der Waals surface area (Å²) in [6, 6.07) is 0. The van der Waals surface area contributed by atoms with Gasteiger partial charge in [0.25, 0.3) is 0 Å². The van der Waals surface area contributed by atoms with Gasteiger partial charge in [0.05, 0.1) is 10.2 Å². The summed E-state index contributed by atoms with van der Waals surface area (Å²) in [5.41, 5.74) is 0.868. The first kappa shape index (κ1) is 11.4. The highest BCUT2D eigenvalue weighted by atomic mass is 79.9. The van der Waals surface area contributed by atoms with Crippen LogP contribution in [0.15, 0.2) is 4.47 Å². The summed E-state index contributed by atoms with van der Waals surface area (Å²) >= 11 is 3.14. The molecule has 0 aliphatic carbocycles. The number of nitrogens with zero attached hydrogens (tertiary/aromatic N) is 2. The highest BCUT2D eigenvalue weighted by molar-refractivity contribution is 9.10. The molecule has 1 rings (SSSR count). The highest BCUT2D eigenvalue weighted by Crippen LogP contribution is 2.19. The van der Waals surface area contributed by atoms with Crippen LogP contribution in [-0.4, -0.2) is 20.9 Å². The third kappa shape index (κ3) is 1.78. The van der Waals surface area contributed by atoms with Crippen molar-refractivity contribution < 1.29 is 9.90 Å². The van der Waals surface area contributed by atoms with Crippen molar-refractivity contribution in [2.24, 2.45) is 7.05 Å². The lowest BCUT2D eigenvalue weighted by Crippen LogP contribution is -2.05. The van der Waals surface area contributed by atoms with E-state index in [0.717, 1.165) is 0 Å².